The standard InChI is InChI=1S/C8H15BrO/c1-6-3-8(5-9)4-7(2)10-6/h6-8H,3-5H2,1-2H3. The predicted octanol–water partition coefficient (Wildman–Crippen LogP) is 2.58. The van der Waals surface area contributed by atoms with Crippen LogP contribution in [0.25, 0.3) is 0 Å². The van der Waals surface area contributed by atoms with E-state index in [0.29, 0.717) is 12.2 Å². The van der Waals surface area contributed by atoms with E-state index in [4.69, 9.17) is 4.74 Å². The summed E-state index contributed by atoms with van der Waals surface area (Å²) in [5.41, 5.74) is 0. The number of rotatable bonds is 1. The molecule has 1 rings (SSSR count). The minimum atomic E-state index is 0.464. The zero-order valence-electron chi connectivity index (χ0n) is 6.64. The van der Waals surface area contributed by atoms with Crippen molar-refractivity contribution in [2.45, 2.75) is 38.9 Å². The second-order valence-corrected chi connectivity index (χ2v) is 3.90. The Hall–Kier alpha value is 0.440. The first kappa shape index (κ1) is 8.54. The highest BCUT2D eigenvalue weighted by Crippen LogP contribution is 2.25. The fourth-order valence-corrected chi connectivity index (χ4v) is 2.20. The van der Waals surface area contributed by atoms with Crippen LogP contribution in [0.5, 0.6) is 0 Å². The lowest BCUT2D eigenvalue weighted by atomic mass is 9.95. The smallest absolute Gasteiger partial charge is 0.0553 e. The molecule has 1 fully saturated rings. The third kappa shape index (κ3) is 2.24. The molecule has 0 aromatic heterocycles. The molecule has 0 amide bonds. The summed E-state index contributed by atoms with van der Waals surface area (Å²) in [6.07, 6.45) is 3.36. The fourth-order valence-electron chi connectivity index (χ4n) is 1.67. The maximum absolute atomic E-state index is 5.60. The van der Waals surface area contributed by atoms with Crippen molar-refractivity contribution in [1.82, 2.24) is 0 Å². The lowest BCUT2D eigenvalue weighted by molar-refractivity contribution is -0.0474. The van der Waals surface area contributed by atoms with Gasteiger partial charge in [0.25, 0.3) is 0 Å². The van der Waals surface area contributed by atoms with E-state index in [-0.39, 0.29) is 0 Å². The molecule has 0 radical (unpaired) electrons. The fraction of sp³-hybridized carbons (Fsp3) is 1.00. The van der Waals surface area contributed by atoms with E-state index < -0.39 is 0 Å². The summed E-state index contributed by atoms with van der Waals surface area (Å²) in [5.74, 6) is 0.832. The molecule has 1 nitrogen and oxygen atoms in total. The number of ether oxygens (including phenoxy) is 1. The molecule has 0 N–H and O–H groups in total. The van der Waals surface area contributed by atoms with Crippen molar-refractivity contribution in [3.63, 3.8) is 0 Å². The lowest BCUT2D eigenvalue weighted by Gasteiger charge is -2.30. The zero-order valence-corrected chi connectivity index (χ0v) is 8.23. The van der Waals surface area contributed by atoms with Crippen LogP contribution in [-0.4, -0.2) is 17.5 Å². The van der Waals surface area contributed by atoms with Gasteiger partial charge in [0.2, 0.25) is 0 Å². The van der Waals surface area contributed by atoms with Crippen molar-refractivity contribution >= 4 is 15.9 Å². The van der Waals surface area contributed by atoms with Crippen LogP contribution >= 0.6 is 15.9 Å². The summed E-state index contributed by atoms with van der Waals surface area (Å²) in [6.45, 7) is 4.32. The van der Waals surface area contributed by atoms with Gasteiger partial charge in [-0.25, -0.2) is 0 Å². The second kappa shape index (κ2) is 3.72. The van der Waals surface area contributed by atoms with Crippen LogP contribution < -0.4 is 0 Å². The van der Waals surface area contributed by atoms with Gasteiger partial charge in [0.05, 0.1) is 12.2 Å². The van der Waals surface area contributed by atoms with Crippen molar-refractivity contribution in [3.05, 3.63) is 0 Å². The molecule has 60 valence electrons. The van der Waals surface area contributed by atoms with Crippen molar-refractivity contribution in [1.29, 1.82) is 0 Å². The van der Waals surface area contributed by atoms with Crippen molar-refractivity contribution in [3.8, 4) is 0 Å². The first-order valence-corrected chi connectivity index (χ1v) is 5.06. The molecule has 0 spiro atoms. The normalized spacial score (nSPS) is 41.7. The van der Waals surface area contributed by atoms with Gasteiger partial charge in [-0.2, -0.15) is 0 Å². The average Bonchev–Trinajstić information content (AvgIpc) is 1.85. The molecule has 2 unspecified atom stereocenters. The van der Waals surface area contributed by atoms with Gasteiger partial charge in [0, 0.05) is 5.33 Å². The summed E-state index contributed by atoms with van der Waals surface area (Å²) in [5, 5.41) is 1.13. The van der Waals surface area contributed by atoms with Crippen LogP contribution in [0.3, 0.4) is 0 Å². The molecule has 1 heterocycles. The molecule has 0 aliphatic carbocycles. The molecule has 2 heteroatoms. The Kier molecular flexibility index (Phi) is 3.18. The minimum absolute atomic E-state index is 0.464. The van der Waals surface area contributed by atoms with Gasteiger partial charge in [-0.05, 0) is 32.6 Å². The van der Waals surface area contributed by atoms with Gasteiger partial charge in [-0.3, -0.25) is 0 Å². The van der Waals surface area contributed by atoms with Gasteiger partial charge in [-0.15, -0.1) is 0 Å². The summed E-state index contributed by atoms with van der Waals surface area (Å²) >= 11 is 3.51. The van der Waals surface area contributed by atoms with E-state index in [2.05, 4.69) is 29.8 Å². The number of hydrogen-bond donors (Lipinski definition) is 0. The highest BCUT2D eigenvalue weighted by atomic mass is 79.9. The largest absolute Gasteiger partial charge is 0.376 e. The van der Waals surface area contributed by atoms with Crippen LogP contribution in [0.1, 0.15) is 26.7 Å². The van der Waals surface area contributed by atoms with Gasteiger partial charge in [0.1, 0.15) is 0 Å². The molecule has 10 heavy (non-hydrogen) atoms. The van der Waals surface area contributed by atoms with E-state index >= 15 is 0 Å². The third-order valence-electron chi connectivity index (χ3n) is 2.01. The van der Waals surface area contributed by atoms with Crippen molar-refractivity contribution in [2.24, 2.45) is 5.92 Å². The Morgan fingerprint density at radius 2 is 1.80 bits per heavy atom. The Bertz CT molecular complexity index is 95.4. The van der Waals surface area contributed by atoms with Crippen LogP contribution in [-0.2, 0) is 4.74 Å². The molecule has 0 saturated carbocycles. The SMILES string of the molecule is CC1CC(CBr)CC(C)O1. The molecule has 1 aliphatic rings. The van der Waals surface area contributed by atoms with Gasteiger partial charge in [0.15, 0.2) is 0 Å². The van der Waals surface area contributed by atoms with Gasteiger partial charge < -0.3 is 4.74 Å². The Morgan fingerprint density at radius 3 is 2.20 bits per heavy atom. The lowest BCUT2D eigenvalue weighted by Crippen LogP contribution is -2.29. The number of halogens is 1. The van der Waals surface area contributed by atoms with Gasteiger partial charge in [-0.1, -0.05) is 15.9 Å². The third-order valence-corrected chi connectivity index (χ3v) is 2.93. The summed E-state index contributed by atoms with van der Waals surface area (Å²) in [4.78, 5) is 0. The van der Waals surface area contributed by atoms with Crippen LogP contribution in [0, 0.1) is 5.92 Å². The van der Waals surface area contributed by atoms with Crippen molar-refractivity contribution < 1.29 is 4.74 Å². The number of alkyl halides is 1. The molecule has 0 aromatic carbocycles. The molecule has 0 bridgehead atoms. The highest BCUT2D eigenvalue weighted by molar-refractivity contribution is 9.09. The molecular formula is C8H15BrO. The zero-order chi connectivity index (χ0) is 7.56. The van der Waals surface area contributed by atoms with E-state index in [0.717, 1.165) is 11.2 Å². The second-order valence-electron chi connectivity index (χ2n) is 3.25. The van der Waals surface area contributed by atoms with Gasteiger partial charge >= 0.3 is 0 Å². The maximum atomic E-state index is 5.60. The highest BCUT2D eigenvalue weighted by Gasteiger charge is 2.22. The molecule has 1 saturated heterocycles. The summed E-state index contributed by atoms with van der Waals surface area (Å²) in [6, 6.07) is 0. The van der Waals surface area contributed by atoms with E-state index in [1.165, 1.54) is 12.8 Å². The summed E-state index contributed by atoms with van der Waals surface area (Å²) in [7, 11) is 0. The Labute approximate surface area is 71.3 Å². The van der Waals surface area contributed by atoms with Crippen molar-refractivity contribution in [2.75, 3.05) is 5.33 Å². The molecule has 1 aliphatic heterocycles. The monoisotopic (exact) mass is 206 g/mol. The predicted molar refractivity (Wildman–Crippen MR) is 46.5 cm³/mol. The molecule has 0 aromatic rings. The van der Waals surface area contributed by atoms with E-state index in [1.54, 1.807) is 0 Å². The van der Waals surface area contributed by atoms with E-state index in [9.17, 15) is 0 Å². The topological polar surface area (TPSA) is 9.23 Å². The van der Waals surface area contributed by atoms with Crippen LogP contribution in [0.15, 0.2) is 0 Å². The van der Waals surface area contributed by atoms with E-state index in [1.807, 2.05) is 0 Å². The quantitative estimate of drug-likeness (QED) is 0.600. The van der Waals surface area contributed by atoms with Crippen LogP contribution in [0.4, 0.5) is 0 Å². The summed E-state index contributed by atoms with van der Waals surface area (Å²) < 4.78 is 5.60. The molecule has 2 atom stereocenters. The minimum Gasteiger partial charge on any atom is -0.376 e. The first-order chi connectivity index (χ1) is 4.72. The molecular weight excluding hydrogens is 192 g/mol. The first-order valence-electron chi connectivity index (χ1n) is 3.93. The van der Waals surface area contributed by atoms with Crippen LogP contribution in [0.2, 0.25) is 0 Å². The number of hydrogen-bond acceptors (Lipinski definition) is 1. The Balaban J connectivity index is 2.35. The maximum Gasteiger partial charge on any atom is 0.0553 e. The Morgan fingerprint density at radius 1 is 1.30 bits per heavy atom. The average molecular weight is 207 g/mol.